The fourth-order valence-corrected chi connectivity index (χ4v) is 1.55. The highest BCUT2D eigenvalue weighted by Crippen LogP contribution is 2.23. The van der Waals surface area contributed by atoms with Crippen molar-refractivity contribution in [3.05, 3.63) is 28.7 Å². The van der Waals surface area contributed by atoms with Crippen LogP contribution in [-0.4, -0.2) is 20.2 Å². The number of ether oxygens (including phenoxy) is 1. The molecule has 0 saturated heterocycles. The maximum absolute atomic E-state index is 5.61. The van der Waals surface area contributed by atoms with Gasteiger partial charge in [0.2, 0.25) is 0 Å². The number of rotatable bonds is 6. The summed E-state index contributed by atoms with van der Waals surface area (Å²) in [5, 5.41) is 3.11. The molecule has 14 heavy (non-hydrogen) atoms. The molecular weight excluding hydrogens is 242 g/mol. The zero-order valence-corrected chi connectivity index (χ0v) is 10.0. The van der Waals surface area contributed by atoms with Crippen LogP contribution in [0.25, 0.3) is 0 Å². The number of hydrogen-bond donors (Lipinski definition) is 1. The average Bonchev–Trinajstić information content (AvgIpc) is 2.20. The third kappa shape index (κ3) is 4.11. The van der Waals surface area contributed by atoms with Gasteiger partial charge in [-0.2, -0.15) is 0 Å². The fourth-order valence-electron chi connectivity index (χ4n) is 1.15. The SMILES string of the molecule is CNCCCCOc1ccccc1Br. The lowest BCUT2D eigenvalue weighted by Gasteiger charge is -2.07. The molecule has 78 valence electrons. The van der Waals surface area contributed by atoms with E-state index in [4.69, 9.17) is 4.74 Å². The van der Waals surface area contributed by atoms with Gasteiger partial charge in [-0.15, -0.1) is 0 Å². The van der Waals surface area contributed by atoms with E-state index in [9.17, 15) is 0 Å². The third-order valence-electron chi connectivity index (χ3n) is 1.92. The number of para-hydroxylation sites is 1. The van der Waals surface area contributed by atoms with Gasteiger partial charge in [-0.3, -0.25) is 0 Å². The van der Waals surface area contributed by atoms with Crippen molar-refractivity contribution < 1.29 is 4.74 Å². The Hall–Kier alpha value is -0.540. The van der Waals surface area contributed by atoms with Crippen LogP contribution in [0.3, 0.4) is 0 Å². The highest BCUT2D eigenvalue weighted by atomic mass is 79.9. The van der Waals surface area contributed by atoms with Crippen molar-refractivity contribution in [1.29, 1.82) is 0 Å². The molecule has 0 atom stereocenters. The summed E-state index contributed by atoms with van der Waals surface area (Å²) in [6.45, 7) is 1.84. The lowest BCUT2D eigenvalue weighted by Crippen LogP contribution is -2.09. The van der Waals surface area contributed by atoms with E-state index < -0.39 is 0 Å². The Balaban J connectivity index is 2.21. The summed E-state index contributed by atoms with van der Waals surface area (Å²) >= 11 is 3.44. The smallest absolute Gasteiger partial charge is 0.133 e. The molecule has 0 saturated carbocycles. The van der Waals surface area contributed by atoms with E-state index in [1.54, 1.807) is 0 Å². The number of hydrogen-bond acceptors (Lipinski definition) is 2. The summed E-state index contributed by atoms with van der Waals surface area (Å²) in [5.74, 6) is 0.928. The first-order valence-corrected chi connectivity index (χ1v) is 5.66. The molecular formula is C11H16BrNO. The highest BCUT2D eigenvalue weighted by Gasteiger charge is 1.97. The second-order valence-corrected chi connectivity index (χ2v) is 3.94. The second kappa shape index (κ2) is 6.85. The molecule has 3 heteroatoms. The van der Waals surface area contributed by atoms with Gasteiger partial charge in [0, 0.05) is 0 Å². The van der Waals surface area contributed by atoms with Crippen LogP contribution in [0.2, 0.25) is 0 Å². The predicted molar refractivity (Wildman–Crippen MR) is 62.8 cm³/mol. The Morgan fingerprint density at radius 2 is 2.07 bits per heavy atom. The molecule has 1 N–H and O–H groups in total. The van der Waals surface area contributed by atoms with Crippen molar-refractivity contribution in [3.63, 3.8) is 0 Å². The molecule has 0 aliphatic rings. The van der Waals surface area contributed by atoms with E-state index in [1.807, 2.05) is 31.3 Å². The van der Waals surface area contributed by atoms with Crippen LogP contribution in [0.15, 0.2) is 28.7 Å². The minimum absolute atomic E-state index is 0.782. The molecule has 0 fully saturated rings. The van der Waals surface area contributed by atoms with Gasteiger partial charge in [0.05, 0.1) is 11.1 Å². The second-order valence-electron chi connectivity index (χ2n) is 3.09. The molecule has 0 aromatic heterocycles. The van der Waals surface area contributed by atoms with Gasteiger partial charge in [0.15, 0.2) is 0 Å². The van der Waals surface area contributed by atoms with Crippen LogP contribution in [0.1, 0.15) is 12.8 Å². The van der Waals surface area contributed by atoms with Crippen LogP contribution in [0, 0.1) is 0 Å². The molecule has 0 heterocycles. The standard InChI is InChI=1S/C11H16BrNO/c1-13-8-4-5-9-14-11-7-3-2-6-10(11)12/h2-3,6-7,13H,4-5,8-9H2,1H3. The van der Waals surface area contributed by atoms with Gasteiger partial charge in [-0.05, 0) is 54.5 Å². The zero-order chi connectivity index (χ0) is 10.2. The Labute approximate surface area is 93.8 Å². The van der Waals surface area contributed by atoms with Crippen LogP contribution >= 0.6 is 15.9 Å². The first-order valence-electron chi connectivity index (χ1n) is 4.86. The van der Waals surface area contributed by atoms with E-state index in [-0.39, 0.29) is 0 Å². The largest absolute Gasteiger partial charge is 0.492 e. The maximum Gasteiger partial charge on any atom is 0.133 e. The van der Waals surface area contributed by atoms with Crippen LogP contribution in [0.4, 0.5) is 0 Å². The quantitative estimate of drug-likeness (QED) is 0.792. The number of unbranched alkanes of at least 4 members (excludes halogenated alkanes) is 1. The van der Waals surface area contributed by atoms with Gasteiger partial charge in [0.25, 0.3) is 0 Å². The lowest BCUT2D eigenvalue weighted by molar-refractivity contribution is 0.304. The summed E-state index contributed by atoms with van der Waals surface area (Å²) in [4.78, 5) is 0. The van der Waals surface area contributed by atoms with E-state index in [0.717, 1.165) is 36.2 Å². The average molecular weight is 258 g/mol. The predicted octanol–water partition coefficient (Wildman–Crippen LogP) is 2.83. The molecule has 0 amide bonds. The Bertz CT molecular complexity index is 265. The minimum atomic E-state index is 0.782. The molecule has 2 nitrogen and oxygen atoms in total. The van der Waals surface area contributed by atoms with Gasteiger partial charge >= 0.3 is 0 Å². The zero-order valence-electron chi connectivity index (χ0n) is 8.42. The molecule has 0 spiro atoms. The Kier molecular flexibility index (Phi) is 5.64. The van der Waals surface area contributed by atoms with E-state index in [2.05, 4.69) is 21.2 Å². The normalized spacial score (nSPS) is 10.1. The topological polar surface area (TPSA) is 21.3 Å². The first kappa shape index (κ1) is 11.5. The summed E-state index contributed by atoms with van der Waals surface area (Å²) in [7, 11) is 1.97. The van der Waals surface area contributed by atoms with E-state index >= 15 is 0 Å². The number of halogens is 1. The van der Waals surface area contributed by atoms with Crippen LogP contribution in [-0.2, 0) is 0 Å². The summed E-state index contributed by atoms with van der Waals surface area (Å²) in [6, 6.07) is 7.93. The van der Waals surface area contributed by atoms with Crippen LogP contribution < -0.4 is 10.1 Å². The monoisotopic (exact) mass is 257 g/mol. The summed E-state index contributed by atoms with van der Waals surface area (Å²) in [6.07, 6.45) is 2.24. The Morgan fingerprint density at radius 3 is 2.79 bits per heavy atom. The number of nitrogens with one attached hydrogen (secondary N) is 1. The van der Waals surface area contributed by atoms with Gasteiger partial charge in [0.1, 0.15) is 5.75 Å². The molecule has 0 aliphatic heterocycles. The van der Waals surface area contributed by atoms with E-state index in [1.165, 1.54) is 0 Å². The van der Waals surface area contributed by atoms with Gasteiger partial charge in [-0.1, -0.05) is 12.1 Å². The third-order valence-corrected chi connectivity index (χ3v) is 2.57. The molecule has 1 aromatic rings. The fraction of sp³-hybridized carbons (Fsp3) is 0.455. The molecule has 0 bridgehead atoms. The van der Waals surface area contributed by atoms with Crippen molar-refractivity contribution in [2.24, 2.45) is 0 Å². The maximum atomic E-state index is 5.61. The van der Waals surface area contributed by atoms with Crippen molar-refractivity contribution in [2.75, 3.05) is 20.2 Å². The molecule has 1 rings (SSSR count). The van der Waals surface area contributed by atoms with Crippen molar-refractivity contribution >= 4 is 15.9 Å². The summed E-state index contributed by atoms with van der Waals surface area (Å²) < 4.78 is 6.63. The van der Waals surface area contributed by atoms with Gasteiger partial charge < -0.3 is 10.1 Å². The van der Waals surface area contributed by atoms with Crippen molar-refractivity contribution in [2.45, 2.75) is 12.8 Å². The van der Waals surface area contributed by atoms with E-state index in [0.29, 0.717) is 0 Å². The molecule has 1 aromatic carbocycles. The number of benzene rings is 1. The van der Waals surface area contributed by atoms with Crippen molar-refractivity contribution in [1.82, 2.24) is 5.32 Å². The van der Waals surface area contributed by atoms with Gasteiger partial charge in [-0.25, -0.2) is 0 Å². The Morgan fingerprint density at radius 1 is 1.29 bits per heavy atom. The summed E-state index contributed by atoms with van der Waals surface area (Å²) in [5.41, 5.74) is 0. The molecule has 0 radical (unpaired) electrons. The minimum Gasteiger partial charge on any atom is -0.492 e. The molecule has 0 aliphatic carbocycles. The van der Waals surface area contributed by atoms with Crippen molar-refractivity contribution in [3.8, 4) is 5.75 Å². The van der Waals surface area contributed by atoms with Crippen LogP contribution in [0.5, 0.6) is 5.75 Å². The highest BCUT2D eigenvalue weighted by molar-refractivity contribution is 9.10. The first-order chi connectivity index (χ1) is 6.84. The molecule has 0 unspecified atom stereocenters. The lowest BCUT2D eigenvalue weighted by atomic mass is 10.3.